The second kappa shape index (κ2) is 7.77. The van der Waals surface area contributed by atoms with Gasteiger partial charge in [0.1, 0.15) is 12.4 Å². The fourth-order valence-electron chi connectivity index (χ4n) is 2.22. The van der Waals surface area contributed by atoms with Crippen molar-refractivity contribution in [1.29, 1.82) is 0 Å². The van der Waals surface area contributed by atoms with Crippen molar-refractivity contribution in [3.63, 3.8) is 0 Å². The number of carbonyl (C=O) groups excluding carboxylic acids is 1. The van der Waals surface area contributed by atoms with Crippen LogP contribution in [0.1, 0.15) is 35.2 Å². The molecule has 2 rings (SSSR count). The van der Waals surface area contributed by atoms with E-state index in [1.54, 1.807) is 0 Å². The van der Waals surface area contributed by atoms with Crippen LogP contribution in [0.3, 0.4) is 0 Å². The van der Waals surface area contributed by atoms with Crippen LogP contribution in [0.2, 0.25) is 0 Å². The highest BCUT2D eigenvalue weighted by molar-refractivity contribution is 5.96. The molecule has 1 heterocycles. The zero-order chi connectivity index (χ0) is 15.1. The van der Waals surface area contributed by atoms with Gasteiger partial charge >= 0.3 is 0 Å². The fraction of sp³-hybridized carbons (Fsp3) is 0.438. The van der Waals surface area contributed by atoms with Gasteiger partial charge in [-0.05, 0) is 37.5 Å². The molecule has 5 heteroatoms. The van der Waals surface area contributed by atoms with E-state index in [-0.39, 0.29) is 24.2 Å². The van der Waals surface area contributed by atoms with Crippen LogP contribution >= 0.6 is 0 Å². The summed E-state index contributed by atoms with van der Waals surface area (Å²) in [6.45, 7) is 0.820. The Morgan fingerprint density at radius 3 is 3.05 bits per heavy atom. The number of amides is 1. The van der Waals surface area contributed by atoms with Gasteiger partial charge in [-0.15, -0.1) is 0 Å². The summed E-state index contributed by atoms with van der Waals surface area (Å²) in [4.78, 5) is 12.2. The lowest BCUT2D eigenvalue weighted by Gasteiger charge is -2.22. The number of halogens is 1. The molecule has 0 bridgehead atoms. The molecule has 1 unspecified atom stereocenters. The van der Waals surface area contributed by atoms with Gasteiger partial charge in [0.05, 0.1) is 11.7 Å². The highest BCUT2D eigenvalue weighted by Crippen LogP contribution is 2.13. The van der Waals surface area contributed by atoms with Crippen molar-refractivity contribution in [2.24, 2.45) is 0 Å². The largest absolute Gasteiger partial charge is 0.384 e. The number of carbonyl (C=O) groups is 1. The average molecular weight is 291 g/mol. The molecule has 0 spiro atoms. The Morgan fingerprint density at radius 2 is 2.33 bits per heavy atom. The van der Waals surface area contributed by atoms with E-state index in [2.05, 4.69) is 17.2 Å². The van der Waals surface area contributed by atoms with E-state index in [0.717, 1.165) is 25.9 Å². The van der Waals surface area contributed by atoms with E-state index in [1.165, 1.54) is 18.2 Å². The number of ether oxygens (including phenoxy) is 1. The summed E-state index contributed by atoms with van der Waals surface area (Å²) in [5.41, 5.74) is 0.569. The molecule has 0 aromatic heterocycles. The molecule has 1 atom stereocenters. The van der Waals surface area contributed by atoms with Gasteiger partial charge in [0.2, 0.25) is 0 Å². The van der Waals surface area contributed by atoms with Gasteiger partial charge in [-0.25, -0.2) is 4.39 Å². The predicted octanol–water partition coefficient (Wildman–Crippen LogP) is 1.47. The molecule has 112 valence electrons. The van der Waals surface area contributed by atoms with Crippen molar-refractivity contribution in [3.05, 3.63) is 35.1 Å². The zero-order valence-corrected chi connectivity index (χ0v) is 11.7. The smallest absolute Gasteiger partial charge is 0.252 e. The Morgan fingerprint density at radius 1 is 1.48 bits per heavy atom. The van der Waals surface area contributed by atoms with Gasteiger partial charge in [-0.3, -0.25) is 4.79 Å². The van der Waals surface area contributed by atoms with Crippen LogP contribution in [-0.4, -0.2) is 36.9 Å². The van der Waals surface area contributed by atoms with Crippen LogP contribution in [0.25, 0.3) is 0 Å². The molecule has 0 saturated carbocycles. The summed E-state index contributed by atoms with van der Waals surface area (Å²) in [6.07, 6.45) is 3.13. The normalized spacial score (nSPS) is 17.7. The standard InChI is InChI=1S/C16H18FNO3/c17-13-6-7-15(12(10-13)4-3-8-19)16(20)18-11-14-5-1-2-9-21-14/h6-7,10,14,19H,1-2,5,8-9,11H2,(H,18,20). The van der Waals surface area contributed by atoms with E-state index in [1.807, 2.05) is 0 Å². The first kappa shape index (κ1) is 15.5. The van der Waals surface area contributed by atoms with Crippen LogP contribution in [0.15, 0.2) is 18.2 Å². The van der Waals surface area contributed by atoms with Gasteiger partial charge in [-0.2, -0.15) is 0 Å². The van der Waals surface area contributed by atoms with E-state index in [9.17, 15) is 9.18 Å². The Hall–Kier alpha value is -1.90. The molecule has 1 amide bonds. The molecule has 2 N–H and O–H groups in total. The third-order valence-corrected chi connectivity index (χ3v) is 3.29. The first-order chi connectivity index (χ1) is 10.2. The molecular formula is C16H18FNO3. The minimum atomic E-state index is -0.468. The number of hydrogen-bond donors (Lipinski definition) is 2. The van der Waals surface area contributed by atoms with E-state index < -0.39 is 5.82 Å². The summed E-state index contributed by atoms with van der Waals surface area (Å²) in [6, 6.07) is 3.80. The number of nitrogens with one attached hydrogen (secondary N) is 1. The average Bonchev–Trinajstić information content (AvgIpc) is 2.51. The summed E-state index contributed by atoms with van der Waals surface area (Å²) < 4.78 is 18.8. The van der Waals surface area contributed by atoms with Crippen molar-refractivity contribution < 1.29 is 19.0 Å². The molecule has 21 heavy (non-hydrogen) atoms. The first-order valence-electron chi connectivity index (χ1n) is 7.00. The Balaban J connectivity index is 2.03. The molecule has 1 aliphatic rings. The lowest BCUT2D eigenvalue weighted by Crippen LogP contribution is -2.35. The lowest BCUT2D eigenvalue weighted by atomic mass is 10.1. The van der Waals surface area contributed by atoms with Crippen molar-refractivity contribution in [3.8, 4) is 11.8 Å². The van der Waals surface area contributed by atoms with Crippen molar-refractivity contribution in [1.82, 2.24) is 5.32 Å². The highest BCUT2D eigenvalue weighted by Gasteiger charge is 2.16. The first-order valence-corrected chi connectivity index (χ1v) is 7.00. The monoisotopic (exact) mass is 291 g/mol. The van der Waals surface area contributed by atoms with E-state index in [4.69, 9.17) is 9.84 Å². The quantitative estimate of drug-likeness (QED) is 0.829. The third-order valence-electron chi connectivity index (χ3n) is 3.29. The van der Waals surface area contributed by atoms with Crippen LogP contribution in [0.5, 0.6) is 0 Å². The molecule has 1 saturated heterocycles. The number of rotatable bonds is 3. The molecule has 1 aromatic rings. The minimum Gasteiger partial charge on any atom is -0.384 e. The zero-order valence-electron chi connectivity index (χ0n) is 11.7. The van der Waals surface area contributed by atoms with Gasteiger partial charge < -0.3 is 15.2 Å². The lowest BCUT2D eigenvalue weighted by molar-refractivity contribution is 0.0169. The summed E-state index contributed by atoms with van der Waals surface area (Å²) in [5, 5.41) is 11.5. The van der Waals surface area contributed by atoms with Crippen molar-refractivity contribution in [2.45, 2.75) is 25.4 Å². The molecule has 1 aliphatic heterocycles. The van der Waals surface area contributed by atoms with Crippen molar-refractivity contribution >= 4 is 5.91 Å². The van der Waals surface area contributed by atoms with Gasteiger partial charge in [-0.1, -0.05) is 11.8 Å². The summed E-state index contributed by atoms with van der Waals surface area (Å²) >= 11 is 0. The second-order valence-corrected chi connectivity index (χ2v) is 4.85. The molecule has 4 nitrogen and oxygen atoms in total. The van der Waals surface area contributed by atoms with Gasteiger partial charge in [0.25, 0.3) is 5.91 Å². The second-order valence-electron chi connectivity index (χ2n) is 4.85. The van der Waals surface area contributed by atoms with Crippen LogP contribution < -0.4 is 5.32 Å². The highest BCUT2D eigenvalue weighted by atomic mass is 19.1. The molecule has 0 radical (unpaired) electrons. The summed E-state index contributed by atoms with van der Waals surface area (Å²) in [7, 11) is 0. The number of aliphatic hydroxyl groups excluding tert-OH is 1. The van der Waals surface area contributed by atoms with Gasteiger partial charge in [0.15, 0.2) is 0 Å². The summed E-state index contributed by atoms with van der Waals surface area (Å²) in [5.74, 6) is 4.24. The molecule has 0 aliphatic carbocycles. The maximum absolute atomic E-state index is 13.2. The molecular weight excluding hydrogens is 273 g/mol. The van der Waals surface area contributed by atoms with Crippen LogP contribution in [0.4, 0.5) is 4.39 Å². The Bertz CT molecular complexity index is 556. The SMILES string of the molecule is O=C(NCC1CCCCO1)c1ccc(F)cc1C#CCO. The van der Waals surface area contributed by atoms with Crippen LogP contribution in [0, 0.1) is 17.7 Å². The number of hydrogen-bond acceptors (Lipinski definition) is 3. The molecule has 1 fully saturated rings. The predicted molar refractivity (Wildman–Crippen MR) is 76.3 cm³/mol. The van der Waals surface area contributed by atoms with Gasteiger partial charge in [0, 0.05) is 18.7 Å². The number of aliphatic hydroxyl groups is 1. The fourth-order valence-corrected chi connectivity index (χ4v) is 2.22. The van der Waals surface area contributed by atoms with E-state index >= 15 is 0 Å². The number of benzene rings is 1. The van der Waals surface area contributed by atoms with Crippen molar-refractivity contribution in [2.75, 3.05) is 19.8 Å². The Labute approximate surface area is 123 Å². The maximum atomic E-state index is 13.2. The maximum Gasteiger partial charge on any atom is 0.252 e. The molecule has 1 aromatic carbocycles. The topological polar surface area (TPSA) is 58.6 Å². The third kappa shape index (κ3) is 4.55. The van der Waals surface area contributed by atoms with E-state index in [0.29, 0.717) is 12.1 Å². The minimum absolute atomic E-state index is 0.0372. The van der Waals surface area contributed by atoms with Crippen LogP contribution in [-0.2, 0) is 4.74 Å². The Kier molecular flexibility index (Phi) is 5.73.